The maximum Gasteiger partial charge on any atom is 0.399 e. The number of benzene rings is 2. The van der Waals surface area contributed by atoms with E-state index in [2.05, 4.69) is 0 Å². The normalized spacial score (nSPS) is 13.5. The molecule has 148 valence electrons. The summed E-state index contributed by atoms with van der Waals surface area (Å²) in [6.07, 6.45) is -0.104. The van der Waals surface area contributed by atoms with E-state index < -0.39 is 18.1 Å². The van der Waals surface area contributed by atoms with Crippen molar-refractivity contribution in [1.29, 1.82) is 0 Å². The third kappa shape index (κ3) is 4.00. The Balaban J connectivity index is 1.69. The van der Waals surface area contributed by atoms with Gasteiger partial charge in [-0.25, -0.2) is 4.79 Å². The lowest BCUT2D eigenvalue weighted by atomic mass is 9.98. The monoisotopic (exact) mass is 383 g/mol. The third-order valence-electron chi connectivity index (χ3n) is 5.02. The first kappa shape index (κ1) is 19.9. The van der Waals surface area contributed by atoms with Crippen molar-refractivity contribution in [2.75, 3.05) is 13.2 Å². The second kappa shape index (κ2) is 8.86. The van der Waals surface area contributed by atoms with Gasteiger partial charge < -0.3 is 25.8 Å². The minimum absolute atomic E-state index is 0.0270. The Morgan fingerprint density at radius 2 is 1.64 bits per heavy atom. The molecule has 0 bridgehead atoms. The number of amides is 1. The molecule has 0 spiro atoms. The molecule has 1 atom stereocenters. The quantitative estimate of drug-likeness (QED) is 0.534. The van der Waals surface area contributed by atoms with E-state index in [1.807, 2.05) is 48.5 Å². The number of hydrogen-bond donors (Lipinski definition) is 2. The molecule has 0 aliphatic heterocycles. The van der Waals surface area contributed by atoms with E-state index in [1.165, 1.54) is 0 Å². The van der Waals surface area contributed by atoms with Crippen LogP contribution in [0.1, 0.15) is 36.3 Å². The first-order chi connectivity index (χ1) is 13.5. The minimum atomic E-state index is -1.47. The van der Waals surface area contributed by atoms with Crippen LogP contribution in [-0.4, -0.2) is 41.4 Å². The van der Waals surface area contributed by atoms with E-state index in [-0.39, 0.29) is 24.0 Å². The van der Waals surface area contributed by atoms with Crippen molar-refractivity contribution in [3.8, 4) is 11.1 Å². The van der Waals surface area contributed by atoms with Crippen molar-refractivity contribution in [3.05, 3.63) is 64.9 Å². The van der Waals surface area contributed by atoms with Gasteiger partial charge in [0.2, 0.25) is 0 Å². The van der Waals surface area contributed by atoms with Crippen molar-refractivity contribution in [3.63, 3.8) is 0 Å². The number of carbonyl (C=O) groups is 2. The number of nitrogens with zero attached hydrogens (tertiary/aromatic N) is 1. The zero-order chi connectivity index (χ0) is 20.1. The van der Waals surface area contributed by atoms with Crippen molar-refractivity contribution in [2.45, 2.75) is 31.2 Å². The molecule has 3 rings (SSSR count). The highest BCUT2D eigenvalue weighted by atomic mass is 16.6. The molecule has 7 heteroatoms. The summed E-state index contributed by atoms with van der Waals surface area (Å²) in [5, 5.41) is 21.4. The van der Waals surface area contributed by atoms with Gasteiger partial charge in [0.25, 0.3) is 0 Å². The fourth-order valence-corrected chi connectivity index (χ4v) is 3.61. The van der Waals surface area contributed by atoms with Gasteiger partial charge in [0, 0.05) is 5.92 Å². The number of carbonyl (C=O) groups excluding carboxylic acids is 1. The molecule has 0 fully saturated rings. The van der Waals surface area contributed by atoms with Gasteiger partial charge in [-0.2, -0.15) is 0 Å². The summed E-state index contributed by atoms with van der Waals surface area (Å²) in [6, 6.07) is 14.2. The lowest BCUT2D eigenvalue weighted by Gasteiger charge is -2.33. The van der Waals surface area contributed by atoms with Crippen molar-refractivity contribution >= 4 is 12.1 Å². The molecule has 7 nitrogen and oxygen atoms in total. The molecule has 0 saturated carbocycles. The second-order valence-electron chi connectivity index (χ2n) is 6.77. The molecule has 1 amide bonds. The van der Waals surface area contributed by atoms with Crippen LogP contribution in [0.15, 0.2) is 48.5 Å². The smallest absolute Gasteiger partial charge is 0.399 e. The highest BCUT2D eigenvalue weighted by Crippen LogP contribution is 2.44. The largest absolute Gasteiger partial charge is 0.753 e. The number of fused-ring (bicyclic) bond motifs is 3. The standard InChI is InChI=1S/C21H23N2O5/c22-12-6-5-11-19(20(24)25)23(27)21(26)28-13-18-16-9-3-1-7-14(16)15-8-2-4-10-17(15)18/h1-4,7-10,18-19H,5-6,11-13,22H2,(H,24,25)/q-1/t19-/m0/s1. The first-order valence-electron chi connectivity index (χ1n) is 9.28. The highest BCUT2D eigenvalue weighted by Gasteiger charge is 2.30. The van der Waals surface area contributed by atoms with Crippen LogP contribution in [0.4, 0.5) is 4.79 Å². The lowest BCUT2D eigenvalue weighted by Crippen LogP contribution is -2.41. The van der Waals surface area contributed by atoms with E-state index in [1.54, 1.807) is 0 Å². The summed E-state index contributed by atoms with van der Waals surface area (Å²) in [4.78, 5) is 23.6. The number of ether oxygens (including phenoxy) is 1. The van der Waals surface area contributed by atoms with Crippen LogP contribution in [0.5, 0.6) is 0 Å². The van der Waals surface area contributed by atoms with Crippen molar-refractivity contribution in [2.24, 2.45) is 5.73 Å². The van der Waals surface area contributed by atoms with Gasteiger partial charge in [-0.05, 0) is 48.1 Å². The van der Waals surface area contributed by atoms with Crippen LogP contribution in [0.2, 0.25) is 0 Å². The number of carboxylic acids is 1. The molecule has 2 aromatic rings. The molecule has 0 saturated heterocycles. The van der Waals surface area contributed by atoms with Gasteiger partial charge in [-0.1, -0.05) is 48.5 Å². The Labute approximate surface area is 163 Å². The predicted molar refractivity (Wildman–Crippen MR) is 105 cm³/mol. The Hall–Kier alpha value is -2.90. The third-order valence-corrected chi connectivity index (χ3v) is 5.02. The fraction of sp³-hybridized carbons (Fsp3) is 0.333. The molecule has 0 aromatic heterocycles. The Kier molecular flexibility index (Phi) is 6.28. The number of unbranched alkanes of at least 4 members (excludes halogenated alkanes) is 1. The van der Waals surface area contributed by atoms with Crippen molar-refractivity contribution in [1.82, 2.24) is 5.06 Å². The SMILES string of the molecule is NCCCC[C@@H](C(=O)O)N([O-])C(=O)OCC1c2ccccc2-c2ccccc21. The number of hydroxylamine groups is 2. The molecule has 1 aliphatic rings. The van der Waals surface area contributed by atoms with E-state index in [4.69, 9.17) is 10.5 Å². The lowest BCUT2D eigenvalue weighted by molar-refractivity contribution is -0.142. The van der Waals surface area contributed by atoms with E-state index in [0.717, 1.165) is 22.3 Å². The molecule has 0 unspecified atom stereocenters. The maximum atomic E-state index is 12.2. The predicted octanol–water partition coefficient (Wildman–Crippen LogP) is 3.32. The summed E-state index contributed by atoms with van der Waals surface area (Å²) in [5.41, 5.74) is 9.58. The Morgan fingerprint density at radius 3 is 2.18 bits per heavy atom. The van der Waals surface area contributed by atoms with Gasteiger partial charge >= 0.3 is 12.1 Å². The van der Waals surface area contributed by atoms with E-state index >= 15 is 0 Å². The van der Waals surface area contributed by atoms with Gasteiger partial charge in [-0.3, -0.25) is 4.79 Å². The maximum absolute atomic E-state index is 12.2. The van der Waals surface area contributed by atoms with Crippen LogP contribution in [0, 0.1) is 5.21 Å². The van der Waals surface area contributed by atoms with Gasteiger partial charge in [-0.15, -0.1) is 0 Å². The fourth-order valence-electron chi connectivity index (χ4n) is 3.61. The second-order valence-corrected chi connectivity index (χ2v) is 6.77. The molecule has 0 radical (unpaired) electrons. The number of rotatable bonds is 8. The van der Waals surface area contributed by atoms with E-state index in [9.17, 15) is 19.9 Å². The first-order valence-corrected chi connectivity index (χ1v) is 9.28. The molecule has 2 aromatic carbocycles. The number of carboxylic acid groups (broad SMARTS) is 1. The zero-order valence-electron chi connectivity index (χ0n) is 15.4. The highest BCUT2D eigenvalue weighted by molar-refractivity contribution is 5.81. The topological polar surface area (TPSA) is 116 Å². The number of nitrogens with two attached hydrogens (primary N) is 1. The van der Waals surface area contributed by atoms with Gasteiger partial charge in [0.1, 0.15) is 12.6 Å². The zero-order valence-corrected chi connectivity index (χ0v) is 15.4. The number of aliphatic carboxylic acids is 1. The molecule has 0 heterocycles. The molecular formula is C21H23N2O5-. The molecule has 28 heavy (non-hydrogen) atoms. The average Bonchev–Trinajstić information content (AvgIpc) is 3.02. The van der Waals surface area contributed by atoms with Crippen LogP contribution in [0.25, 0.3) is 11.1 Å². The van der Waals surface area contributed by atoms with Crippen LogP contribution in [0.3, 0.4) is 0 Å². The Bertz CT molecular complexity index is 809. The van der Waals surface area contributed by atoms with Crippen LogP contribution >= 0.6 is 0 Å². The minimum Gasteiger partial charge on any atom is -0.753 e. The molecule has 3 N–H and O–H groups in total. The van der Waals surface area contributed by atoms with Crippen LogP contribution in [-0.2, 0) is 9.53 Å². The molecular weight excluding hydrogens is 360 g/mol. The number of hydrogen-bond acceptors (Lipinski definition) is 5. The van der Waals surface area contributed by atoms with Gasteiger partial charge in [0.15, 0.2) is 0 Å². The average molecular weight is 383 g/mol. The van der Waals surface area contributed by atoms with Crippen molar-refractivity contribution < 1.29 is 19.4 Å². The summed E-state index contributed by atoms with van der Waals surface area (Å²) < 4.78 is 5.23. The van der Waals surface area contributed by atoms with E-state index in [0.29, 0.717) is 19.4 Å². The molecule has 1 aliphatic carbocycles. The summed E-state index contributed by atoms with van der Waals surface area (Å²) in [6.45, 7) is 0.372. The van der Waals surface area contributed by atoms with Gasteiger partial charge in [0.05, 0.1) is 0 Å². The summed E-state index contributed by atoms with van der Waals surface area (Å²) >= 11 is 0. The summed E-state index contributed by atoms with van der Waals surface area (Å²) in [7, 11) is 0. The Morgan fingerprint density at radius 1 is 1.07 bits per heavy atom. The summed E-state index contributed by atoms with van der Waals surface area (Å²) in [5.74, 6) is -1.54. The van der Waals surface area contributed by atoms with Crippen LogP contribution < -0.4 is 5.73 Å².